The maximum atomic E-state index is 5.95. The third-order valence-electron chi connectivity index (χ3n) is 4.74. The number of nitrogens with zero attached hydrogens (tertiary/aromatic N) is 6. The molecule has 6 N–H and O–H groups in total. The Kier molecular flexibility index (Phi) is 5.60. The van der Waals surface area contributed by atoms with Crippen LogP contribution in [0.15, 0.2) is 84.9 Å². The van der Waals surface area contributed by atoms with Crippen molar-refractivity contribution < 1.29 is 0 Å². The van der Waals surface area contributed by atoms with Gasteiger partial charge in [-0.05, 0) is 30.3 Å². The molecule has 0 fully saturated rings. The van der Waals surface area contributed by atoms with Gasteiger partial charge in [-0.15, -0.1) is 0 Å². The van der Waals surface area contributed by atoms with E-state index in [9.17, 15) is 0 Å². The first kappa shape index (κ1) is 20.8. The van der Waals surface area contributed by atoms with E-state index in [-0.39, 0.29) is 11.9 Å². The highest BCUT2D eigenvalue weighted by molar-refractivity contribution is 5.69. The number of nitrogen functional groups attached to an aromatic ring is 2. The van der Waals surface area contributed by atoms with Crippen molar-refractivity contribution in [2.24, 2.45) is 0 Å². The minimum Gasteiger partial charge on any atom is -0.368 e. The standard InChI is InChI=1S/C24H20N10/c25-21-29-19(31-23(33-21)27-17-10-3-1-4-11-17)15-8-7-9-16(14-15)20-30-22(26)34-24(32-20)28-18-12-5-2-6-13-18/h1-14H,(H3,25,27,29,31,33)(H3,26,28,30,32,34). The van der Waals surface area contributed by atoms with E-state index in [1.807, 2.05) is 84.9 Å². The highest BCUT2D eigenvalue weighted by atomic mass is 15.2. The summed E-state index contributed by atoms with van der Waals surface area (Å²) in [5, 5.41) is 6.28. The molecule has 34 heavy (non-hydrogen) atoms. The van der Waals surface area contributed by atoms with Gasteiger partial charge >= 0.3 is 0 Å². The highest BCUT2D eigenvalue weighted by Gasteiger charge is 2.12. The maximum Gasteiger partial charge on any atom is 0.232 e. The third-order valence-corrected chi connectivity index (χ3v) is 4.74. The zero-order valence-corrected chi connectivity index (χ0v) is 17.9. The molecule has 0 amide bonds. The summed E-state index contributed by atoms with van der Waals surface area (Å²) in [5.41, 5.74) is 15.0. The predicted molar refractivity (Wildman–Crippen MR) is 132 cm³/mol. The number of rotatable bonds is 6. The summed E-state index contributed by atoms with van der Waals surface area (Å²) in [6, 6.07) is 26.6. The normalized spacial score (nSPS) is 10.6. The second kappa shape index (κ2) is 9.17. The van der Waals surface area contributed by atoms with E-state index in [1.165, 1.54) is 0 Å². The molecule has 0 spiro atoms. The zero-order chi connectivity index (χ0) is 23.3. The number of aromatic nitrogens is 6. The molecule has 5 rings (SSSR count). The molecule has 10 heteroatoms. The fraction of sp³-hybridized carbons (Fsp3) is 0. The summed E-state index contributed by atoms with van der Waals surface area (Å²) >= 11 is 0. The minimum absolute atomic E-state index is 0.104. The van der Waals surface area contributed by atoms with Crippen LogP contribution in [0.1, 0.15) is 0 Å². The first-order valence-corrected chi connectivity index (χ1v) is 10.4. The van der Waals surface area contributed by atoms with Gasteiger partial charge in [-0.1, -0.05) is 54.6 Å². The smallest absolute Gasteiger partial charge is 0.232 e. The number of anilines is 6. The predicted octanol–water partition coefficient (Wildman–Crippen LogP) is 4.04. The van der Waals surface area contributed by atoms with Crippen molar-refractivity contribution in [1.29, 1.82) is 0 Å². The lowest BCUT2D eigenvalue weighted by Gasteiger charge is -2.09. The topological polar surface area (TPSA) is 153 Å². The second-order valence-electron chi connectivity index (χ2n) is 7.24. The van der Waals surface area contributed by atoms with Gasteiger partial charge in [0.25, 0.3) is 0 Å². The van der Waals surface area contributed by atoms with Crippen LogP contribution in [-0.2, 0) is 0 Å². The van der Waals surface area contributed by atoms with E-state index >= 15 is 0 Å². The fourth-order valence-corrected chi connectivity index (χ4v) is 3.25. The molecule has 0 bridgehead atoms. The fourth-order valence-electron chi connectivity index (χ4n) is 3.25. The number of benzene rings is 3. The lowest BCUT2D eigenvalue weighted by Crippen LogP contribution is -2.06. The Hall–Kier alpha value is -5.12. The van der Waals surface area contributed by atoms with E-state index in [2.05, 4.69) is 40.5 Å². The van der Waals surface area contributed by atoms with Crippen molar-refractivity contribution in [2.75, 3.05) is 22.1 Å². The molecule has 0 aliphatic rings. The van der Waals surface area contributed by atoms with Crippen molar-refractivity contribution >= 4 is 35.2 Å². The molecular weight excluding hydrogens is 428 g/mol. The van der Waals surface area contributed by atoms with E-state index in [0.29, 0.717) is 23.5 Å². The van der Waals surface area contributed by atoms with Crippen molar-refractivity contribution in [3.63, 3.8) is 0 Å². The summed E-state index contributed by atoms with van der Waals surface area (Å²) in [5.74, 6) is 1.73. The average molecular weight is 448 g/mol. The quantitative estimate of drug-likeness (QED) is 0.299. The Morgan fingerprint density at radius 3 is 1.35 bits per heavy atom. The molecule has 0 unspecified atom stereocenters. The van der Waals surface area contributed by atoms with E-state index in [0.717, 1.165) is 22.5 Å². The molecule has 0 saturated heterocycles. The SMILES string of the molecule is Nc1nc(Nc2ccccc2)nc(-c2cccc(-c3nc(N)nc(Nc4ccccc4)n3)c2)n1. The number of hydrogen-bond acceptors (Lipinski definition) is 10. The average Bonchev–Trinajstić information content (AvgIpc) is 2.85. The number of para-hydroxylation sites is 2. The molecule has 166 valence electrons. The molecule has 10 nitrogen and oxygen atoms in total. The Labute approximate surface area is 195 Å². The van der Waals surface area contributed by atoms with Gasteiger partial charge in [0.1, 0.15) is 0 Å². The van der Waals surface area contributed by atoms with Crippen LogP contribution in [0.4, 0.5) is 35.2 Å². The summed E-state index contributed by atoms with van der Waals surface area (Å²) in [6.07, 6.45) is 0. The van der Waals surface area contributed by atoms with Crippen molar-refractivity contribution in [1.82, 2.24) is 29.9 Å². The number of hydrogen-bond donors (Lipinski definition) is 4. The molecule has 2 heterocycles. The van der Waals surface area contributed by atoms with Crippen LogP contribution < -0.4 is 22.1 Å². The van der Waals surface area contributed by atoms with Gasteiger partial charge in [-0.2, -0.15) is 29.9 Å². The Morgan fingerprint density at radius 1 is 0.471 bits per heavy atom. The van der Waals surface area contributed by atoms with Gasteiger partial charge in [-0.25, -0.2) is 0 Å². The van der Waals surface area contributed by atoms with Gasteiger partial charge < -0.3 is 22.1 Å². The third kappa shape index (κ3) is 4.86. The van der Waals surface area contributed by atoms with Crippen LogP contribution in [0.25, 0.3) is 22.8 Å². The molecule has 0 saturated carbocycles. The van der Waals surface area contributed by atoms with E-state index in [1.54, 1.807) is 0 Å². The van der Waals surface area contributed by atoms with Crippen LogP contribution in [0.5, 0.6) is 0 Å². The van der Waals surface area contributed by atoms with Crippen LogP contribution in [0.3, 0.4) is 0 Å². The van der Waals surface area contributed by atoms with Crippen LogP contribution in [0.2, 0.25) is 0 Å². The molecule has 3 aromatic carbocycles. The van der Waals surface area contributed by atoms with Crippen LogP contribution >= 0.6 is 0 Å². The van der Waals surface area contributed by atoms with Gasteiger partial charge in [-0.3, -0.25) is 0 Å². The van der Waals surface area contributed by atoms with Crippen molar-refractivity contribution in [2.45, 2.75) is 0 Å². The Bertz CT molecular complexity index is 1320. The van der Waals surface area contributed by atoms with Crippen LogP contribution in [-0.4, -0.2) is 29.9 Å². The van der Waals surface area contributed by atoms with Gasteiger partial charge in [0.2, 0.25) is 23.8 Å². The minimum atomic E-state index is 0.104. The molecule has 5 aromatic rings. The van der Waals surface area contributed by atoms with Crippen molar-refractivity contribution in [3.8, 4) is 22.8 Å². The largest absolute Gasteiger partial charge is 0.368 e. The summed E-state index contributed by atoms with van der Waals surface area (Å²) in [7, 11) is 0. The Morgan fingerprint density at radius 2 is 0.912 bits per heavy atom. The van der Waals surface area contributed by atoms with E-state index < -0.39 is 0 Å². The number of nitrogens with two attached hydrogens (primary N) is 2. The molecule has 0 atom stereocenters. The first-order chi connectivity index (χ1) is 16.6. The van der Waals surface area contributed by atoms with Gasteiger partial charge in [0.05, 0.1) is 0 Å². The second-order valence-corrected chi connectivity index (χ2v) is 7.24. The molecule has 2 aromatic heterocycles. The lowest BCUT2D eigenvalue weighted by atomic mass is 10.1. The summed E-state index contributed by atoms with van der Waals surface area (Å²) in [6.45, 7) is 0. The zero-order valence-electron chi connectivity index (χ0n) is 17.9. The summed E-state index contributed by atoms with van der Waals surface area (Å²) in [4.78, 5) is 26.0. The van der Waals surface area contributed by atoms with Crippen LogP contribution in [0, 0.1) is 0 Å². The number of nitrogens with one attached hydrogen (secondary N) is 2. The Balaban J connectivity index is 1.46. The highest BCUT2D eigenvalue weighted by Crippen LogP contribution is 2.25. The van der Waals surface area contributed by atoms with Gasteiger partial charge in [0, 0.05) is 22.5 Å². The molecular formula is C24H20N10. The monoisotopic (exact) mass is 448 g/mol. The maximum absolute atomic E-state index is 5.95. The molecule has 0 aliphatic carbocycles. The molecule has 0 radical (unpaired) electrons. The van der Waals surface area contributed by atoms with E-state index in [4.69, 9.17) is 11.5 Å². The lowest BCUT2D eigenvalue weighted by molar-refractivity contribution is 1.07. The molecule has 0 aliphatic heterocycles. The van der Waals surface area contributed by atoms with Crippen molar-refractivity contribution in [3.05, 3.63) is 84.9 Å². The first-order valence-electron chi connectivity index (χ1n) is 10.4. The summed E-state index contributed by atoms with van der Waals surface area (Å²) < 4.78 is 0. The van der Waals surface area contributed by atoms with Gasteiger partial charge in [0.15, 0.2) is 11.6 Å².